The molecule has 20 heavy (non-hydrogen) atoms. The Morgan fingerprint density at radius 2 is 1.80 bits per heavy atom. The molecular formula is C18H36N2. The molecule has 2 rings (SSSR count). The summed E-state index contributed by atoms with van der Waals surface area (Å²) < 4.78 is 0. The van der Waals surface area contributed by atoms with Gasteiger partial charge in [-0.15, -0.1) is 0 Å². The monoisotopic (exact) mass is 280 g/mol. The minimum Gasteiger partial charge on any atom is -0.311 e. The molecule has 2 fully saturated rings. The van der Waals surface area contributed by atoms with E-state index in [4.69, 9.17) is 0 Å². The summed E-state index contributed by atoms with van der Waals surface area (Å²) >= 11 is 0. The van der Waals surface area contributed by atoms with Crippen molar-refractivity contribution in [3.05, 3.63) is 0 Å². The van der Waals surface area contributed by atoms with Crippen molar-refractivity contribution in [2.45, 2.75) is 84.2 Å². The van der Waals surface area contributed by atoms with Gasteiger partial charge in [0, 0.05) is 24.7 Å². The highest BCUT2D eigenvalue weighted by Gasteiger charge is 2.42. The lowest BCUT2D eigenvalue weighted by atomic mass is 9.77. The number of hydrogen-bond donors (Lipinski definition) is 1. The van der Waals surface area contributed by atoms with Gasteiger partial charge >= 0.3 is 0 Å². The number of nitrogens with zero attached hydrogens (tertiary/aromatic N) is 1. The topological polar surface area (TPSA) is 15.3 Å². The summed E-state index contributed by atoms with van der Waals surface area (Å²) in [4.78, 5) is 2.88. The van der Waals surface area contributed by atoms with Crippen molar-refractivity contribution >= 4 is 0 Å². The minimum atomic E-state index is 0.501. The molecule has 1 heterocycles. The summed E-state index contributed by atoms with van der Waals surface area (Å²) in [6.45, 7) is 13.3. The van der Waals surface area contributed by atoms with Gasteiger partial charge in [0.25, 0.3) is 0 Å². The van der Waals surface area contributed by atoms with Crippen LogP contribution in [0.3, 0.4) is 0 Å². The van der Waals surface area contributed by atoms with Gasteiger partial charge in [-0.25, -0.2) is 0 Å². The molecule has 1 unspecified atom stereocenters. The predicted molar refractivity (Wildman–Crippen MR) is 88.1 cm³/mol. The Balaban J connectivity index is 1.98. The molecule has 2 aliphatic rings. The second-order valence-electron chi connectivity index (χ2n) is 8.00. The zero-order valence-electron chi connectivity index (χ0n) is 14.3. The van der Waals surface area contributed by atoms with Crippen LogP contribution in [0.15, 0.2) is 0 Å². The van der Waals surface area contributed by atoms with Gasteiger partial charge in [0.1, 0.15) is 0 Å². The maximum absolute atomic E-state index is 3.87. The largest absolute Gasteiger partial charge is 0.311 e. The van der Waals surface area contributed by atoms with Gasteiger partial charge in [0.15, 0.2) is 0 Å². The Morgan fingerprint density at radius 1 is 1.10 bits per heavy atom. The van der Waals surface area contributed by atoms with Gasteiger partial charge in [0.05, 0.1) is 0 Å². The number of piperazine rings is 1. The number of nitrogens with one attached hydrogen (secondary N) is 1. The van der Waals surface area contributed by atoms with Crippen LogP contribution < -0.4 is 5.32 Å². The molecule has 0 aromatic rings. The van der Waals surface area contributed by atoms with Gasteiger partial charge in [0.2, 0.25) is 0 Å². The molecular weight excluding hydrogens is 244 g/mol. The maximum atomic E-state index is 3.87. The van der Waals surface area contributed by atoms with E-state index < -0.39 is 0 Å². The Morgan fingerprint density at radius 3 is 2.40 bits per heavy atom. The third-order valence-corrected chi connectivity index (χ3v) is 5.58. The van der Waals surface area contributed by atoms with E-state index in [1.165, 1.54) is 64.6 Å². The van der Waals surface area contributed by atoms with Crippen molar-refractivity contribution in [1.29, 1.82) is 0 Å². The second-order valence-corrected chi connectivity index (χ2v) is 8.00. The Kier molecular flexibility index (Phi) is 5.92. The van der Waals surface area contributed by atoms with Crippen LogP contribution in [0.1, 0.15) is 72.6 Å². The lowest BCUT2D eigenvalue weighted by molar-refractivity contribution is 0.000636. The van der Waals surface area contributed by atoms with Gasteiger partial charge in [-0.05, 0) is 44.1 Å². The molecule has 1 aliphatic carbocycles. The molecule has 1 saturated heterocycles. The average Bonchev–Trinajstić information content (AvgIpc) is 2.41. The summed E-state index contributed by atoms with van der Waals surface area (Å²) in [7, 11) is 0. The summed E-state index contributed by atoms with van der Waals surface area (Å²) in [6.07, 6.45) is 9.94. The van der Waals surface area contributed by atoms with Crippen LogP contribution in [0.4, 0.5) is 0 Å². The van der Waals surface area contributed by atoms with Crippen molar-refractivity contribution in [1.82, 2.24) is 10.2 Å². The molecule has 0 amide bonds. The lowest BCUT2D eigenvalue weighted by Crippen LogP contribution is -2.66. The molecule has 1 aliphatic heterocycles. The van der Waals surface area contributed by atoms with E-state index in [0.29, 0.717) is 11.6 Å². The van der Waals surface area contributed by atoms with Crippen LogP contribution in [-0.2, 0) is 0 Å². The Bertz CT molecular complexity index is 279. The zero-order chi connectivity index (χ0) is 14.6. The van der Waals surface area contributed by atoms with E-state index in [1.807, 2.05) is 0 Å². The van der Waals surface area contributed by atoms with Crippen LogP contribution in [0.2, 0.25) is 0 Å². The predicted octanol–water partition coefficient (Wildman–Crippen LogP) is 4.06. The molecule has 2 nitrogen and oxygen atoms in total. The van der Waals surface area contributed by atoms with Gasteiger partial charge < -0.3 is 5.32 Å². The van der Waals surface area contributed by atoms with Gasteiger partial charge in [-0.3, -0.25) is 4.90 Å². The first-order chi connectivity index (χ1) is 9.53. The van der Waals surface area contributed by atoms with Crippen LogP contribution in [0.25, 0.3) is 0 Å². The molecule has 118 valence electrons. The SMILES string of the molecule is CC(C)CCCN1CC(C(C)C)NCC12CCCCC2. The molecule has 0 aromatic carbocycles. The quantitative estimate of drug-likeness (QED) is 0.817. The highest BCUT2D eigenvalue weighted by molar-refractivity contribution is 5.01. The second kappa shape index (κ2) is 7.26. The highest BCUT2D eigenvalue weighted by Crippen LogP contribution is 2.36. The fraction of sp³-hybridized carbons (Fsp3) is 1.00. The smallest absolute Gasteiger partial charge is 0.0334 e. The highest BCUT2D eigenvalue weighted by atomic mass is 15.3. The van der Waals surface area contributed by atoms with Crippen molar-refractivity contribution in [2.24, 2.45) is 11.8 Å². The first-order valence-electron chi connectivity index (χ1n) is 9.02. The summed E-state index contributed by atoms with van der Waals surface area (Å²) in [6, 6.07) is 0.696. The third kappa shape index (κ3) is 3.98. The molecule has 0 radical (unpaired) electrons. The fourth-order valence-electron chi connectivity index (χ4n) is 4.10. The van der Waals surface area contributed by atoms with Crippen molar-refractivity contribution in [2.75, 3.05) is 19.6 Å². The maximum Gasteiger partial charge on any atom is 0.0334 e. The Labute approximate surface area is 126 Å². The Hall–Kier alpha value is -0.0800. The summed E-state index contributed by atoms with van der Waals surface area (Å²) in [5, 5.41) is 3.87. The van der Waals surface area contributed by atoms with E-state index in [-0.39, 0.29) is 0 Å². The fourth-order valence-corrected chi connectivity index (χ4v) is 4.10. The van der Waals surface area contributed by atoms with Crippen LogP contribution in [-0.4, -0.2) is 36.1 Å². The van der Waals surface area contributed by atoms with Crippen molar-refractivity contribution in [3.8, 4) is 0 Å². The summed E-state index contributed by atoms with van der Waals surface area (Å²) in [5.41, 5.74) is 0.501. The molecule has 1 spiro atoms. The van der Waals surface area contributed by atoms with E-state index in [0.717, 1.165) is 11.8 Å². The van der Waals surface area contributed by atoms with Gasteiger partial charge in [-0.2, -0.15) is 0 Å². The average molecular weight is 281 g/mol. The van der Waals surface area contributed by atoms with E-state index in [9.17, 15) is 0 Å². The van der Waals surface area contributed by atoms with E-state index >= 15 is 0 Å². The number of hydrogen-bond acceptors (Lipinski definition) is 2. The van der Waals surface area contributed by atoms with Crippen molar-refractivity contribution < 1.29 is 0 Å². The van der Waals surface area contributed by atoms with Crippen LogP contribution >= 0.6 is 0 Å². The molecule has 0 aromatic heterocycles. The normalized spacial score (nSPS) is 27.6. The first-order valence-corrected chi connectivity index (χ1v) is 9.02. The minimum absolute atomic E-state index is 0.501. The molecule has 0 bridgehead atoms. The van der Waals surface area contributed by atoms with Crippen molar-refractivity contribution in [3.63, 3.8) is 0 Å². The molecule has 1 N–H and O–H groups in total. The lowest BCUT2D eigenvalue weighted by Gasteiger charge is -2.53. The molecule has 1 atom stereocenters. The van der Waals surface area contributed by atoms with E-state index in [1.54, 1.807) is 0 Å². The first kappa shape index (κ1) is 16.3. The molecule has 1 saturated carbocycles. The summed E-state index contributed by atoms with van der Waals surface area (Å²) in [5.74, 6) is 1.60. The number of rotatable bonds is 5. The van der Waals surface area contributed by atoms with E-state index in [2.05, 4.69) is 37.9 Å². The van der Waals surface area contributed by atoms with Crippen LogP contribution in [0, 0.1) is 11.8 Å². The van der Waals surface area contributed by atoms with Gasteiger partial charge in [-0.1, -0.05) is 47.0 Å². The third-order valence-electron chi connectivity index (χ3n) is 5.58. The zero-order valence-corrected chi connectivity index (χ0v) is 14.3. The molecule has 2 heteroatoms. The standard InChI is InChI=1S/C18H36N2/c1-15(2)9-8-12-20-13-17(16(3)4)19-14-18(20)10-6-5-7-11-18/h15-17,19H,5-14H2,1-4H3. The van der Waals surface area contributed by atoms with Crippen LogP contribution in [0.5, 0.6) is 0 Å².